The number of aliphatic hydroxyl groups is 9. The fourth-order valence-electron chi connectivity index (χ4n) is 10.2. The summed E-state index contributed by atoms with van der Waals surface area (Å²) in [7, 11) is 0. The molecule has 2 heterocycles. The summed E-state index contributed by atoms with van der Waals surface area (Å²) in [6, 6.07) is 0. The van der Waals surface area contributed by atoms with Gasteiger partial charge in [0.05, 0.1) is 19.3 Å². The quantitative estimate of drug-likeness (QED) is 0.121. The second-order valence-electron chi connectivity index (χ2n) is 15.2. The highest BCUT2D eigenvalue weighted by atomic mass is 16.8. The average molecular weight is 687 g/mol. The Kier molecular flexibility index (Phi) is 9.81. The van der Waals surface area contributed by atoms with Gasteiger partial charge >= 0.3 is 0 Å². The Morgan fingerprint density at radius 1 is 0.958 bits per heavy atom. The van der Waals surface area contributed by atoms with E-state index in [-0.39, 0.29) is 41.8 Å². The average Bonchev–Trinajstić information content (AvgIpc) is 3.49. The summed E-state index contributed by atoms with van der Waals surface area (Å²) in [5.74, 6) is -3.13. The number of carbonyl (C=O) groups excluding carboxylic acids is 2. The summed E-state index contributed by atoms with van der Waals surface area (Å²) < 4.78 is 22.4. The molecule has 16 atom stereocenters. The number of ketones is 2. The minimum atomic E-state index is -2.31. The zero-order valence-corrected chi connectivity index (χ0v) is 27.3. The largest absolute Gasteiger partial charge is 0.394 e. The third-order valence-corrected chi connectivity index (χ3v) is 13.0. The number of hydrogen-bond donors (Lipinski definition) is 9. The first kappa shape index (κ1) is 36.4. The smallest absolute Gasteiger partial charge is 0.222 e. The first-order valence-electron chi connectivity index (χ1n) is 17.0. The molecule has 0 aromatic rings. The lowest BCUT2D eigenvalue weighted by molar-refractivity contribution is -0.319. The molecule has 2 aliphatic heterocycles. The molecule has 0 radical (unpaired) electrons. The van der Waals surface area contributed by atoms with Gasteiger partial charge in [0.15, 0.2) is 17.9 Å². The number of ether oxygens (including phenoxy) is 4. The normalized spacial score (nSPS) is 52.0. The van der Waals surface area contributed by atoms with Crippen LogP contribution >= 0.6 is 0 Å². The molecule has 0 aromatic carbocycles. The number of fused-ring (bicyclic) bond motifs is 5. The van der Waals surface area contributed by atoms with Crippen LogP contribution in [0.4, 0.5) is 0 Å². The molecule has 6 aliphatic rings. The van der Waals surface area contributed by atoms with Gasteiger partial charge in [-0.15, -0.1) is 0 Å². The number of rotatable bonds is 9. The third kappa shape index (κ3) is 5.36. The molecular weight excluding hydrogens is 636 g/mol. The topological polar surface area (TPSA) is 253 Å². The van der Waals surface area contributed by atoms with Gasteiger partial charge in [-0.05, 0) is 67.8 Å². The van der Waals surface area contributed by atoms with Crippen molar-refractivity contribution in [2.24, 2.45) is 28.6 Å². The van der Waals surface area contributed by atoms with Crippen LogP contribution in [0, 0.1) is 28.6 Å². The van der Waals surface area contributed by atoms with E-state index < -0.39 is 104 Å². The van der Waals surface area contributed by atoms with E-state index in [4.69, 9.17) is 18.9 Å². The van der Waals surface area contributed by atoms with Gasteiger partial charge < -0.3 is 64.9 Å². The van der Waals surface area contributed by atoms with Crippen LogP contribution in [0.3, 0.4) is 0 Å². The van der Waals surface area contributed by atoms with Crippen molar-refractivity contribution in [2.75, 3.05) is 26.4 Å². The highest BCUT2D eigenvalue weighted by molar-refractivity contribution is 5.92. The van der Waals surface area contributed by atoms with Crippen LogP contribution in [-0.2, 0) is 28.5 Å². The Hall–Kier alpha value is -1.44. The number of hydrogen-bond acceptors (Lipinski definition) is 15. The molecule has 272 valence electrons. The van der Waals surface area contributed by atoms with E-state index in [0.717, 1.165) is 12.0 Å². The van der Waals surface area contributed by atoms with Crippen LogP contribution in [0.1, 0.15) is 58.8 Å². The fourth-order valence-corrected chi connectivity index (χ4v) is 10.2. The molecule has 0 bridgehead atoms. The molecular formula is C33H50O15. The van der Waals surface area contributed by atoms with Gasteiger partial charge in [-0.1, -0.05) is 19.4 Å². The summed E-state index contributed by atoms with van der Waals surface area (Å²) in [6.45, 7) is 0.608. The van der Waals surface area contributed by atoms with Crippen LogP contribution in [0.25, 0.3) is 0 Å². The first-order chi connectivity index (χ1) is 22.6. The van der Waals surface area contributed by atoms with Crippen LogP contribution in [-0.4, -0.2) is 150 Å². The van der Waals surface area contributed by atoms with Crippen LogP contribution in [0.15, 0.2) is 11.6 Å². The molecule has 15 nitrogen and oxygen atoms in total. The minimum Gasteiger partial charge on any atom is -0.394 e. The zero-order valence-electron chi connectivity index (χ0n) is 27.3. The molecule has 2 saturated heterocycles. The lowest BCUT2D eigenvalue weighted by Crippen LogP contribution is -2.62. The molecule has 5 fully saturated rings. The first-order valence-corrected chi connectivity index (χ1v) is 17.0. The van der Waals surface area contributed by atoms with Crippen molar-refractivity contribution in [3.8, 4) is 0 Å². The van der Waals surface area contributed by atoms with Gasteiger partial charge in [-0.2, -0.15) is 0 Å². The molecule has 0 aromatic heterocycles. The van der Waals surface area contributed by atoms with E-state index in [9.17, 15) is 55.5 Å². The number of aliphatic hydroxyl groups excluding tert-OH is 8. The molecule has 48 heavy (non-hydrogen) atoms. The van der Waals surface area contributed by atoms with Crippen molar-refractivity contribution in [1.82, 2.24) is 0 Å². The molecule has 9 N–H and O–H groups in total. The summed E-state index contributed by atoms with van der Waals surface area (Å²) in [5, 5.41) is 95.5. The van der Waals surface area contributed by atoms with Gasteiger partial charge in [-0.25, -0.2) is 0 Å². The van der Waals surface area contributed by atoms with Crippen molar-refractivity contribution < 1.29 is 74.5 Å². The Balaban J connectivity index is 1.17. The maximum absolute atomic E-state index is 13.9. The summed E-state index contributed by atoms with van der Waals surface area (Å²) >= 11 is 0. The number of Topliss-reactive ketones (excluding diaryl/α,β-unsaturated/α-hetero) is 1. The predicted octanol–water partition coefficient (Wildman–Crippen LogP) is -2.57. The molecule has 0 amide bonds. The lowest BCUT2D eigenvalue weighted by atomic mass is 9.45. The molecule has 15 heteroatoms. The SMILES string of the molecule is C[C@]12CCC(=O)C=C1CC[C@@H]1[C@@H]2[C@@H](O)C[C@@]2(C)[C@H]1CC[C@]2(O)C(=O)COC1(CO)O[C@H](CO)C(O[C@@H]2OC(CO)[C@H](O)[C@@H](O)C2O)[C@H]1O. The van der Waals surface area contributed by atoms with Gasteiger partial charge in [0.25, 0.3) is 0 Å². The van der Waals surface area contributed by atoms with Crippen molar-refractivity contribution in [3.05, 3.63) is 11.6 Å². The maximum atomic E-state index is 13.9. The van der Waals surface area contributed by atoms with E-state index >= 15 is 0 Å². The van der Waals surface area contributed by atoms with Crippen molar-refractivity contribution in [1.29, 1.82) is 0 Å². The summed E-state index contributed by atoms with van der Waals surface area (Å²) in [4.78, 5) is 26.1. The Morgan fingerprint density at radius 2 is 1.67 bits per heavy atom. The maximum Gasteiger partial charge on any atom is 0.222 e. The molecule has 3 saturated carbocycles. The number of carbonyl (C=O) groups is 2. The monoisotopic (exact) mass is 686 g/mol. The van der Waals surface area contributed by atoms with Crippen molar-refractivity contribution >= 4 is 11.6 Å². The van der Waals surface area contributed by atoms with E-state index in [1.807, 2.05) is 6.92 Å². The van der Waals surface area contributed by atoms with E-state index in [2.05, 4.69) is 6.92 Å². The minimum absolute atomic E-state index is 0.0197. The summed E-state index contributed by atoms with van der Waals surface area (Å²) in [6.07, 6.45) is -8.86. The second kappa shape index (κ2) is 13.0. The standard InChI is InChI=1S/C33H50O15/c1-30-7-5-16(37)9-15(30)3-4-17-18-6-8-32(44,31(18,2)10-19(38)23(17)30)22(39)13-45-33(14-36)28(43)27(21(12-35)48-33)47-29-26(42)25(41)24(40)20(11-34)46-29/h9,17-21,23-29,34-36,38,40-44H,3-8,10-14H2,1-2H3/t17-,18-,19-,20?,21+,23+,24-,25+,26?,27?,28+,29-,30-,31-,32-,33?/m0/s1. The van der Waals surface area contributed by atoms with Crippen molar-refractivity contribution in [2.45, 2.75) is 125 Å². The van der Waals surface area contributed by atoms with Gasteiger partial charge in [0, 0.05) is 11.8 Å². The molecule has 6 rings (SSSR count). The molecule has 4 unspecified atom stereocenters. The molecule has 0 spiro atoms. The van der Waals surface area contributed by atoms with E-state index in [0.29, 0.717) is 25.7 Å². The second-order valence-corrected chi connectivity index (χ2v) is 15.2. The lowest BCUT2D eigenvalue weighted by Gasteiger charge is -2.60. The van der Waals surface area contributed by atoms with Crippen LogP contribution < -0.4 is 0 Å². The highest BCUT2D eigenvalue weighted by Crippen LogP contribution is 2.67. The fraction of sp³-hybridized carbons (Fsp3) is 0.879. The van der Waals surface area contributed by atoms with Crippen LogP contribution in [0.2, 0.25) is 0 Å². The Morgan fingerprint density at radius 3 is 2.33 bits per heavy atom. The van der Waals surface area contributed by atoms with E-state index in [1.54, 1.807) is 6.08 Å². The highest BCUT2D eigenvalue weighted by Gasteiger charge is 2.69. The Labute approximate surface area is 278 Å². The Bertz CT molecular complexity index is 1280. The molecule has 4 aliphatic carbocycles. The van der Waals surface area contributed by atoms with Gasteiger partial charge in [0.1, 0.15) is 61.5 Å². The van der Waals surface area contributed by atoms with Gasteiger partial charge in [-0.3, -0.25) is 9.59 Å². The summed E-state index contributed by atoms with van der Waals surface area (Å²) in [5.41, 5.74) is -2.20. The van der Waals surface area contributed by atoms with Crippen molar-refractivity contribution in [3.63, 3.8) is 0 Å². The van der Waals surface area contributed by atoms with E-state index in [1.165, 1.54) is 0 Å². The third-order valence-electron chi connectivity index (χ3n) is 13.0. The number of allylic oxidation sites excluding steroid dienone is 1. The van der Waals surface area contributed by atoms with Crippen LogP contribution in [0.5, 0.6) is 0 Å². The van der Waals surface area contributed by atoms with Gasteiger partial charge in [0.2, 0.25) is 5.79 Å². The zero-order chi connectivity index (χ0) is 35.0. The predicted molar refractivity (Wildman–Crippen MR) is 160 cm³/mol.